The van der Waals surface area contributed by atoms with Gasteiger partial charge in [-0.2, -0.15) is 0 Å². The van der Waals surface area contributed by atoms with Crippen molar-refractivity contribution in [3.8, 4) is 5.75 Å². The Morgan fingerprint density at radius 2 is 1.71 bits per heavy atom. The van der Waals surface area contributed by atoms with Crippen LogP contribution in [-0.4, -0.2) is 37.6 Å². The smallest absolute Gasteiger partial charge is 0.255 e. The van der Waals surface area contributed by atoms with Crippen molar-refractivity contribution in [1.82, 2.24) is 10.6 Å². The molecule has 0 radical (unpaired) electrons. The summed E-state index contributed by atoms with van der Waals surface area (Å²) in [4.78, 5) is 22.7. The lowest BCUT2D eigenvalue weighted by molar-refractivity contribution is -0.119. The highest BCUT2D eigenvalue weighted by Crippen LogP contribution is 2.16. The van der Waals surface area contributed by atoms with Crippen molar-refractivity contribution >= 4 is 11.8 Å². The second-order valence-electron chi connectivity index (χ2n) is 6.18. The molecule has 1 aromatic carbocycles. The van der Waals surface area contributed by atoms with E-state index in [1.807, 2.05) is 0 Å². The zero-order chi connectivity index (χ0) is 17.2. The molecule has 1 saturated carbocycles. The molecule has 0 atom stereocenters. The van der Waals surface area contributed by atoms with Crippen LogP contribution in [0.15, 0.2) is 24.3 Å². The first-order valence-electron chi connectivity index (χ1n) is 8.68. The molecule has 4 N–H and O–H groups in total. The minimum absolute atomic E-state index is 0.112. The standard InChI is InChI=1S/C18H27N3O3/c19-17(22)13-24-16-9-7-14(8-10-16)18(23)21-12-11-20-15-5-3-1-2-4-6-15/h7-10,15,20H,1-6,11-13H2,(H2,19,22)(H,21,23). The Kier molecular flexibility index (Phi) is 7.55. The second kappa shape index (κ2) is 9.93. The van der Waals surface area contributed by atoms with Crippen LogP contribution in [0.4, 0.5) is 0 Å². The van der Waals surface area contributed by atoms with Gasteiger partial charge in [0.15, 0.2) is 6.61 Å². The second-order valence-corrected chi connectivity index (χ2v) is 6.18. The van der Waals surface area contributed by atoms with E-state index in [-0.39, 0.29) is 12.5 Å². The normalized spacial score (nSPS) is 15.5. The lowest BCUT2D eigenvalue weighted by Gasteiger charge is -2.16. The number of ether oxygens (including phenoxy) is 1. The topological polar surface area (TPSA) is 93.5 Å². The molecule has 0 saturated heterocycles. The van der Waals surface area contributed by atoms with E-state index >= 15 is 0 Å². The number of primary amides is 1. The fourth-order valence-electron chi connectivity index (χ4n) is 2.89. The summed E-state index contributed by atoms with van der Waals surface area (Å²) in [5.41, 5.74) is 5.58. The van der Waals surface area contributed by atoms with E-state index in [9.17, 15) is 9.59 Å². The molecule has 0 unspecified atom stereocenters. The zero-order valence-electron chi connectivity index (χ0n) is 14.1. The first-order chi connectivity index (χ1) is 11.6. The summed E-state index contributed by atoms with van der Waals surface area (Å²) in [6.45, 7) is 1.23. The van der Waals surface area contributed by atoms with Crippen LogP contribution in [0.25, 0.3) is 0 Å². The number of nitrogens with one attached hydrogen (secondary N) is 2. The average Bonchev–Trinajstić information content (AvgIpc) is 2.86. The maximum absolute atomic E-state index is 12.1. The Labute approximate surface area is 143 Å². The summed E-state index contributed by atoms with van der Waals surface area (Å²) in [5, 5.41) is 6.43. The third kappa shape index (κ3) is 6.58. The number of nitrogens with two attached hydrogens (primary N) is 1. The van der Waals surface area contributed by atoms with Crippen LogP contribution < -0.4 is 21.1 Å². The van der Waals surface area contributed by atoms with Crippen molar-refractivity contribution in [2.24, 2.45) is 5.73 Å². The van der Waals surface area contributed by atoms with E-state index < -0.39 is 5.91 Å². The fraction of sp³-hybridized carbons (Fsp3) is 0.556. The predicted octanol–water partition coefficient (Wildman–Crippen LogP) is 1.59. The molecule has 1 aromatic rings. The minimum atomic E-state index is -0.530. The third-order valence-corrected chi connectivity index (χ3v) is 4.20. The van der Waals surface area contributed by atoms with Gasteiger partial charge in [-0.25, -0.2) is 0 Å². The highest BCUT2D eigenvalue weighted by molar-refractivity contribution is 5.94. The van der Waals surface area contributed by atoms with E-state index in [2.05, 4.69) is 10.6 Å². The molecule has 1 fully saturated rings. The van der Waals surface area contributed by atoms with E-state index in [0.717, 1.165) is 6.54 Å². The number of hydrogen-bond acceptors (Lipinski definition) is 4. The first kappa shape index (κ1) is 18.3. The summed E-state index contributed by atoms with van der Waals surface area (Å²) < 4.78 is 5.16. The molecule has 0 aliphatic heterocycles. The van der Waals surface area contributed by atoms with Crippen molar-refractivity contribution in [3.05, 3.63) is 29.8 Å². The average molecular weight is 333 g/mol. The number of carbonyl (C=O) groups excluding carboxylic acids is 2. The maximum Gasteiger partial charge on any atom is 0.255 e. The Bertz CT molecular complexity index is 523. The molecule has 6 nitrogen and oxygen atoms in total. The summed E-state index contributed by atoms with van der Waals surface area (Å²) in [6, 6.07) is 7.24. The molecule has 132 valence electrons. The van der Waals surface area contributed by atoms with Crippen molar-refractivity contribution in [1.29, 1.82) is 0 Å². The Morgan fingerprint density at radius 1 is 1.04 bits per heavy atom. The Hall–Kier alpha value is -2.08. The summed E-state index contributed by atoms with van der Waals surface area (Å²) >= 11 is 0. The molecule has 24 heavy (non-hydrogen) atoms. The fourth-order valence-corrected chi connectivity index (χ4v) is 2.89. The van der Waals surface area contributed by atoms with Crippen molar-refractivity contribution < 1.29 is 14.3 Å². The van der Waals surface area contributed by atoms with Crippen LogP contribution in [0.3, 0.4) is 0 Å². The quantitative estimate of drug-likeness (QED) is 0.497. The molecule has 0 bridgehead atoms. The Morgan fingerprint density at radius 3 is 2.33 bits per heavy atom. The van der Waals surface area contributed by atoms with Gasteiger partial charge in [0.1, 0.15) is 5.75 Å². The van der Waals surface area contributed by atoms with E-state index in [4.69, 9.17) is 10.5 Å². The Balaban J connectivity index is 1.67. The summed E-state index contributed by atoms with van der Waals surface area (Å²) in [5.74, 6) is -0.127. The molecule has 2 rings (SSSR count). The number of carbonyl (C=O) groups is 2. The highest BCUT2D eigenvalue weighted by Gasteiger charge is 2.11. The van der Waals surface area contributed by atoms with Gasteiger partial charge < -0.3 is 21.1 Å². The van der Waals surface area contributed by atoms with Crippen LogP contribution in [0, 0.1) is 0 Å². The number of hydrogen-bond donors (Lipinski definition) is 3. The lowest BCUT2D eigenvalue weighted by Crippen LogP contribution is -2.36. The molecule has 2 amide bonds. The number of benzene rings is 1. The first-order valence-corrected chi connectivity index (χ1v) is 8.68. The van der Waals surface area contributed by atoms with Gasteiger partial charge in [-0.05, 0) is 37.1 Å². The predicted molar refractivity (Wildman–Crippen MR) is 93.0 cm³/mol. The maximum atomic E-state index is 12.1. The van der Waals surface area contributed by atoms with Crippen molar-refractivity contribution in [2.45, 2.75) is 44.6 Å². The monoisotopic (exact) mass is 333 g/mol. The largest absolute Gasteiger partial charge is 0.484 e. The zero-order valence-corrected chi connectivity index (χ0v) is 14.1. The van der Waals surface area contributed by atoms with Crippen LogP contribution in [0.1, 0.15) is 48.9 Å². The van der Waals surface area contributed by atoms with Crippen LogP contribution >= 0.6 is 0 Å². The van der Waals surface area contributed by atoms with Gasteiger partial charge in [-0.3, -0.25) is 9.59 Å². The van der Waals surface area contributed by atoms with Gasteiger partial charge in [0.2, 0.25) is 0 Å². The van der Waals surface area contributed by atoms with Gasteiger partial charge in [0.25, 0.3) is 11.8 Å². The van der Waals surface area contributed by atoms with Gasteiger partial charge in [-0.1, -0.05) is 25.7 Å². The SMILES string of the molecule is NC(=O)COc1ccc(C(=O)NCCNC2CCCCCC2)cc1. The van der Waals surface area contributed by atoms with Crippen molar-refractivity contribution in [3.63, 3.8) is 0 Å². The van der Waals surface area contributed by atoms with Crippen molar-refractivity contribution in [2.75, 3.05) is 19.7 Å². The van der Waals surface area contributed by atoms with Gasteiger partial charge >= 0.3 is 0 Å². The van der Waals surface area contributed by atoms with Crippen LogP contribution in [0.2, 0.25) is 0 Å². The molecule has 6 heteroatoms. The molecule has 1 aliphatic carbocycles. The number of rotatable bonds is 8. The molecular weight excluding hydrogens is 306 g/mol. The molecule has 1 aliphatic rings. The third-order valence-electron chi connectivity index (χ3n) is 4.20. The molecular formula is C18H27N3O3. The summed E-state index contributed by atoms with van der Waals surface area (Å²) in [7, 11) is 0. The number of amides is 2. The highest BCUT2D eigenvalue weighted by atomic mass is 16.5. The molecule has 0 spiro atoms. The van der Waals surface area contributed by atoms with Gasteiger partial charge in [0.05, 0.1) is 0 Å². The lowest BCUT2D eigenvalue weighted by atomic mass is 10.1. The molecule has 0 aromatic heterocycles. The van der Waals surface area contributed by atoms with Gasteiger partial charge in [0, 0.05) is 24.7 Å². The van der Waals surface area contributed by atoms with E-state index in [1.54, 1.807) is 24.3 Å². The van der Waals surface area contributed by atoms with Crippen LogP contribution in [0.5, 0.6) is 5.75 Å². The van der Waals surface area contributed by atoms with E-state index in [0.29, 0.717) is 23.9 Å². The molecule has 0 heterocycles. The van der Waals surface area contributed by atoms with Crippen LogP contribution in [-0.2, 0) is 4.79 Å². The minimum Gasteiger partial charge on any atom is -0.484 e. The van der Waals surface area contributed by atoms with E-state index in [1.165, 1.54) is 38.5 Å². The summed E-state index contributed by atoms with van der Waals surface area (Å²) in [6.07, 6.45) is 7.76. The van der Waals surface area contributed by atoms with Gasteiger partial charge in [-0.15, -0.1) is 0 Å².